The van der Waals surface area contributed by atoms with Gasteiger partial charge in [0, 0.05) is 43.5 Å². The van der Waals surface area contributed by atoms with Crippen molar-refractivity contribution in [2.45, 2.75) is 18.8 Å². The molecule has 0 bridgehead atoms. The average molecular weight is 381 g/mol. The molecule has 138 valence electrons. The lowest BCUT2D eigenvalue weighted by Crippen LogP contribution is -2.39. The first-order valence-corrected chi connectivity index (χ1v) is 9.58. The zero-order chi connectivity index (χ0) is 18.8. The second kappa shape index (κ2) is 7.40. The van der Waals surface area contributed by atoms with E-state index in [4.69, 9.17) is 0 Å². The number of piperidine rings is 1. The summed E-state index contributed by atoms with van der Waals surface area (Å²) in [7, 11) is 1.60. The fraction of sp³-hybridized carbons (Fsp3) is 0.316. The van der Waals surface area contributed by atoms with Gasteiger partial charge in [-0.1, -0.05) is 0 Å². The fourth-order valence-corrected chi connectivity index (χ4v) is 3.94. The van der Waals surface area contributed by atoms with Gasteiger partial charge < -0.3 is 10.2 Å². The average Bonchev–Trinajstić information content (AvgIpc) is 3.20. The third kappa shape index (κ3) is 3.52. The standard InChI is InChI=1S/C19H19N5O2S/c1-20-18(25)13-5-6-15(21-10-13)14-3-2-8-24(11-14)19(26)12-4-7-16-17(9-12)23-27-22-16/h4-7,9-10,14H,2-3,8,11H2,1H3,(H,20,25). The monoisotopic (exact) mass is 381 g/mol. The van der Waals surface area contributed by atoms with Crippen LogP contribution < -0.4 is 5.32 Å². The highest BCUT2D eigenvalue weighted by Gasteiger charge is 2.26. The Bertz CT molecular complexity index is 985. The molecule has 1 unspecified atom stereocenters. The highest BCUT2D eigenvalue weighted by molar-refractivity contribution is 7.00. The molecule has 0 saturated carbocycles. The Kier molecular flexibility index (Phi) is 4.81. The van der Waals surface area contributed by atoms with E-state index < -0.39 is 0 Å². The van der Waals surface area contributed by atoms with Crippen LogP contribution in [0.1, 0.15) is 45.2 Å². The van der Waals surface area contributed by atoms with E-state index in [1.54, 1.807) is 25.4 Å². The third-order valence-corrected chi connectivity index (χ3v) is 5.46. The van der Waals surface area contributed by atoms with E-state index in [2.05, 4.69) is 19.0 Å². The van der Waals surface area contributed by atoms with Crippen LogP contribution in [0.25, 0.3) is 11.0 Å². The Morgan fingerprint density at radius 1 is 1.15 bits per heavy atom. The quantitative estimate of drug-likeness (QED) is 0.753. The van der Waals surface area contributed by atoms with Crippen LogP contribution in [0.3, 0.4) is 0 Å². The molecule has 1 atom stereocenters. The summed E-state index contributed by atoms with van der Waals surface area (Å²) >= 11 is 1.15. The summed E-state index contributed by atoms with van der Waals surface area (Å²) in [4.78, 5) is 30.9. The minimum atomic E-state index is -0.151. The second-order valence-corrected chi connectivity index (χ2v) is 7.14. The van der Waals surface area contributed by atoms with Gasteiger partial charge in [0.25, 0.3) is 11.8 Å². The molecule has 8 heteroatoms. The highest BCUT2D eigenvalue weighted by atomic mass is 32.1. The van der Waals surface area contributed by atoms with Gasteiger partial charge >= 0.3 is 0 Å². The number of likely N-dealkylation sites (tertiary alicyclic amines) is 1. The SMILES string of the molecule is CNC(=O)c1ccc(C2CCCN(C(=O)c3ccc4nsnc4c3)C2)nc1. The Balaban J connectivity index is 1.50. The van der Waals surface area contributed by atoms with Crippen molar-refractivity contribution < 1.29 is 9.59 Å². The van der Waals surface area contributed by atoms with Gasteiger partial charge in [-0.05, 0) is 43.2 Å². The normalized spacial score (nSPS) is 17.1. The van der Waals surface area contributed by atoms with Crippen molar-refractivity contribution in [1.29, 1.82) is 0 Å². The van der Waals surface area contributed by atoms with Crippen LogP contribution in [0.4, 0.5) is 0 Å². The van der Waals surface area contributed by atoms with E-state index in [1.165, 1.54) is 0 Å². The van der Waals surface area contributed by atoms with Crippen LogP contribution in [0.2, 0.25) is 0 Å². The zero-order valence-corrected chi connectivity index (χ0v) is 15.7. The molecule has 1 aliphatic rings. The van der Waals surface area contributed by atoms with Gasteiger partial charge in [-0.25, -0.2) is 0 Å². The minimum Gasteiger partial charge on any atom is -0.355 e. The maximum Gasteiger partial charge on any atom is 0.253 e. The van der Waals surface area contributed by atoms with Crippen LogP contribution in [-0.4, -0.2) is 50.6 Å². The van der Waals surface area contributed by atoms with Crippen LogP contribution in [0.15, 0.2) is 36.5 Å². The van der Waals surface area contributed by atoms with Crippen molar-refractivity contribution >= 4 is 34.6 Å². The molecule has 0 radical (unpaired) electrons. The van der Waals surface area contributed by atoms with Gasteiger partial charge in [-0.15, -0.1) is 0 Å². The lowest BCUT2D eigenvalue weighted by Gasteiger charge is -2.32. The molecular formula is C19H19N5O2S. The molecule has 4 rings (SSSR count). The van der Waals surface area contributed by atoms with Crippen LogP contribution in [0.5, 0.6) is 0 Å². The number of carbonyl (C=O) groups is 2. The lowest BCUT2D eigenvalue weighted by atomic mass is 9.93. The number of aromatic nitrogens is 3. The smallest absolute Gasteiger partial charge is 0.253 e. The minimum absolute atomic E-state index is 0.0107. The number of nitrogens with one attached hydrogen (secondary N) is 1. The Hall–Kier alpha value is -2.87. The summed E-state index contributed by atoms with van der Waals surface area (Å²) in [6.45, 7) is 1.36. The first-order chi connectivity index (χ1) is 13.2. The van der Waals surface area contributed by atoms with Crippen molar-refractivity contribution in [2.24, 2.45) is 0 Å². The van der Waals surface area contributed by atoms with Gasteiger partial charge in [0.2, 0.25) is 0 Å². The van der Waals surface area contributed by atoms with Gasteiger partial charge in [0.05, 0.1) is 17.3 Å². The molecule has 1 aromatic carbocycles. The first-order valence-electron chi connectivity index (χ1n) is 8.85. The lowest BCUT2D eigenvalue weighted by molar-refractivity contribution is 0.0706. The maximum absolute atomic E-state index is 12.9. The van der Waals surface area contributed by atoms with Gasteiger partial charge in [0.1, 0.15) is 11.0 Å². The number of pyridine rings is 1. The second-order valence-electron chi connectivity index (χ2n) is 6.61. The topological polar surface area (TPSA) is 88.1 Å². The number of benzene rings is 1. The number of fused-ring (bicyclic) bond motifs is 1. The first kappa shape index (κ1) is 17.5. The van der Waals surface area contributed by atoms with Gasteiger partial charge in [0.15, 0.2) is 0 Å². The predicted octanol–water partition coefficient (Wildman–Crippen LogP) is 2.47. The summed E-state index contributed by atoms with van der Waals surface area (Å²) in [5, 5.41) is 2.59. The van der Waals surface area contributed by atoms with E-state index in [9.17, 15) is 9.59 Å². The van der Waals surface area contributed by atoms with E-state index in [0.717, 1.165) is 47.8 Å². The number of amides is 2. The Labute approximate surface area is 160 Å². The van der Waals surface area contributed by atoms with E-state index in [1.807, 2.05) is 23.1 Å². The Morgan fingerprint density at radius 2 is 1.96 bits per heavy atom. The van der Waals surface area contributed by atoms with E-state index in [0.29, 0.717) is 17.7 Å². The highest BCUT2D eigenvalue weighted by Crippen LogP contribution is 2.27. The molecule has 0 spiro atoms. The molecular weight excluding hydrogens is 362 g/mol. The summed E-state index contributed by atoms with van der Waals surface area (Å²) < 4.78 is 8.39. The van der Waals surface area contributed by atoms with Gasteiger partial charge in [-0.3, -0.25) is 14.6 Å². The third-order valence-electron chi connectivity index (χ3n) is 4.90. The largest absolute Gasteiger partial charge is 0.355 e. The molecule has 3 heterocycles. The number of nitrogens with zero attached hydrogens (tertiary/aromatic N) is 4. The molecule has 27 heavy (non-hydrogen) atoms. The predicted molar refractivity (Wildman–Crippen MR) is 103 cm³/mol. The van der Waals surface area contributed by atoms with E-state index >= 15 is 0 Å². The number of rotatable bonds is 3. The molecule has 2 amide bonds. The maximum atomic E-state index is 12.9. The van der Waals surface area contributed by atoms with Gasteiger partial charge in [-0.2, -0.15) is 8.75 Å². The fourth-order valence-electron chi connectivity index (χ4n) is 3.43. The summed E-state index contributed by atoms with van der Waals surface area (Å²) in [6.07, 6.45) is 3.50. The summed E-state index contributed by atoms with van der Waals surface area (Å²) in [5.74, 6) is 0.0316. The van der Waals surface area contributed by atoms with Crippen molar-refractivity contribution in [3.63, 3.8) is 0 Å². The van der Waals surface area contributed by atoms with Crippen molar-refractivity contribution in [1.82, 2.24) is 23.9 Å². The Morgan fingerprint density at radius 3 is 2.74 bits per heavy atom. The van der Waals surface area contributed by atoms with Crippen molar-refractivity contribution in [3.05, 3.63) is 53.3 Å². The number of hydrogen-bond donors (Lipinski definition) is 1. The number of hydrogen-bond acceptors (Lipinski definition) is 6. The molecule has 1 saturated heterocycles. The summed E-state index contributed by atoms with van der Waals surface area (Å²) in [5.41, 5.74) is 3.66. The molecule has 1 N–H and O–H groups in total. The molecule has 1 aliphatic heterocycles. The van der Waals surface area contributed by atoms with Crippen LogP contribution >= 0.6 is 11.7 Å². The molecule has 2 aromatic heterocycles. The van der Waals surface area contributed by atoms with Crippen molar-refractivity contribution in [3.8, 4) is 0 Å². The van der Waals surface area contributed by atoms with E-state index in [-0.39, 0.29) is 17.7 Å². The summed E-state index contributed by atoms with van der Waals surface area (Å²) in [6, 6.07) is 9.13. The molecule has 1 fully saturated rings. The molecule has 7 nitrogen and oxygen atoms in total. The zero-order valence-electron chi connectivity index (χ0n) is 14.9. The van der Waals surface area contributed by atoms with Crippen LogP contribution in [0, 0.1) is 0 Å². The molecule has 3 aromatic rings. The molecule has 0 aliphatic carbocycles. The van der Waals surface area contributed by atoms with Crippen LogP contribution in [-0.2, 0) is 0 Å². The van der Waals surface area contributed by atoms with Crippen molar-refractivity contribution in [2.75, 3.05) is 20.1 Å². The number of carbonyl (C=O) groups excluding carboxylic acids is 2.